The first-order valence-corrected chi connectivity index (χ1v) is 11.2. The van der Waals surface area contributed by atoms with Gasteiger partial charge in [0.15, 0.2) is 0 Å². The van der Waals surface area contributed by atoms with Gasteiger partial charge in [-0.2, -0.15) is 4.31 Å². The summed E-state index contributed by atoms with van der Waals surface area (Å²) in [7, 11) is -3.91. The van der Waals surface area contributed by atoms with Crippen molar-refractivity contribution in [1.29, 1.82) is 0 Å². The van der Waals surface area contributed by atoms with Gasteiger partial charge in [0.1, 0.15) is 22.3 Å². The number of hydrogen-bond donors (Lipinski definition) is 1. The number of benzene rings is 2. The minimum absolute atomic E-state index is 0.125. The van der Waals surface area contributed by atoms with Crippen molar-refractivity contribution in [3.8, 4) is 5.75 Å². The highest BCUT2D eigenvalue weighted by Gasteiger charge is 2.33. The Balaban J connectivity index is 1.40. The van der Waals surface area contributed by atoms with Crippen LogP contribution < -0.4 is 10.1 Å². The lowest BCUT2D eigenvalue weighted by Gasteiger charge is -2.30. The zero-order valence-corrected chi connectivity index (χ0v) is 17.2. The van der Waals surface area contributed by atoms with Crippen LogP contribution in [0.3, 0.4) is 0 Å². The van der Waals surface area contributed by atoms with E-state index in [0.717, 1.165) is 6.07 Å². The van der Waals surface area contributed by atoms with Crippen molar-refractivity contribution in [2.45, 2.75) is 24.2 Å². The van der Waals surface area contributed by atoms with E-state index in [1.165, 1.54) is 46.8 Å². The van der Waals surface area contributed by atoms with E-state index in [9.17, 15) is 22.0 Å². The maximum atomic E-state index is 13.9. The molecule has 6 nitrogen and oxygen atoms in total. The van der Waals surface area contributed by atoms with Crippen LogP contribution >= 0.6 is 0 Å². The van der Waals surface area contributed by atoms with Crippen LogP contribution in [0.4, 0.5) is 8.78 Å². The second-order valence-corrected chi connectivity index (χ2v) is 8.96. The molecule has 2 aromatic carbocycles. The molecule has 9 heteroatoms. The van der Waals surface area contributed by atoms with Crippen LogP contribution in [0.2, 0.25) is 0 Å². The normalized spacial score (nSPS) is 15.7. The molecule has 30 heavy (non-hydrogen) atoms. The van der Waals surface area contributed by atoms with Gasteiger partial charge in [0.25, 0.3) is 0 Å². The molecular formula is C21H24F2N2O4S. The number of rotatable bonds is 8. The first kappa shape index (κ1) is 22.2. The minimum Gasteiger partial charge on any atom is -0.494 e. The molecule has 0 aromatic heterocycles. The van der Waals surface area contributed by atoms with E-state index in [0.29, 0.717) is 38.2 Å². The van der Waals surface area contributed by atoms with Crippen molar-refractivity contribution in [1.82, 2.24) is 9.62 Å². The monoisotopic (exact) mass is 438 g/mol. The number of carbonyl (C=O) groups excluding carboxylic acids is 1. The van der Waals surface area contributed by atoms with Gasteiger partial charge < -0.3 is 10.1 Å². The SMILES string of the molecule is O=C(NCCCOc1ccc(F)cc1)C1CCN(S(=O)(=O)c2ccccc2F)CC1. The number of hydrogen-bond acceptors (Lipinski definition) is 4. The van der Waals surface area contributed by atoms with E-state index in [4.69, 9.17) is 4.74 Å². The molecule has 1 aliphatic rings. The average Bonchev–Trinajstić information content (AvgIpc) is 2.75. The first-order chi connectivity index (χ1) is 14.4. The van der Waals surface area contributed by atoms with Crippen LogP contribution in [-0.2, 0) is 14.8 Å². The van der Waals surface area contributed by atoms with E-state index in [2.05, 4.69) is 5.32 Å². The molecule has 0 saturated carbocycles. The molecule has 1 heterocycles. The number of carbonyl (C=O) groups is 1. The third kappa shape index (κ3) is 5.54. The van der Waals surface area contributed by atoms with E-state index < -0.39 is 15.8 Å². The molecule has 3 rings (SSSR count). The van der Waals surface area contributed by atoms with E-state index >= 15 is 0 Å². The summed E-state index contributed by atoms with van der Waals surface area (Å²) < 4.78 is 58.6. The second-order valence-electron chi connectivity index (χ2n) is 7.06. The van der Waals surface area contributed by atoms with Crippen LogP contribution in [0.1, 0.15) is 19.3 Å². The van der Waals surface area contributed by atoms with Gasteiger partial charge in [-0.25, -0.2) is 17.2 Å². The molecule has 0 bridgehead atoms. The molecule has 1 fully saturated rings. The summed E-state index contributed by atoms with van der Waals surface area (Å²) in [5.74, 6) is -0.955. The lowest BCUT2D eigenvalue weighted by Crippen LogP contribution is -2.43. The Morgan fingerprint density at radius 3 is 2.40 bits per heavy atom. The molecular weight excluding hydrogens is 414 g/mol. The molecule has 0 atom stereocenters. The van der Waals surface area contributed by atoms with Crippen LogP contribution in [0.25, 0.3) is 0 Å². The summed E-state index contributed by atoms with van der Waals surface area (Å²) >= 11 is 0. The Bertz CT molecular complexity index is 959. The Morgan fingerprint density at radius 2 is 1.73 bits per heavy atom. The summed E-state index contributed by atoms with van der Waals surface area (Å²) in [6.45, 7) is 1.14. The van der Waals surface area contributed by atoms with Crippen LogP contribution in [0, 0.1) is 17.6 Å². The number of piperidine rings is 1. The highest BCUT2D eigenvalue weighted by Crippen LogP contribution is 2.25. The van der Waals surface area contributed by atoms with Crippen molar-refractivity contribution >= 4 is 15.9 Å². The number of halogens is 2. The predicted octanol–water partition coefficient (Wildman–Crippen LogP) is 2.95. The maximum Gasteiger partial charge on any atom is 0.245 e. The van der Waals surface area contributed by atoms with Gasteiger partial charge in [-0.1, -0.05) is 12.1 Å². The van der Waals surface area contributed by atoms with E-state index in [1.54, 1.807) is 0 Å². The lowest BCUT2D eigenvalue weighted by atomic mass is 9.97. The van der Waals surface area contributed by atoms with Crippen molar-refractivity contribution < 1.29 is 26.7 Å². The fourth-order valence-corrected chi connectivity index (χ4v) is 4.84. The lowest BCUT2D eigenvalue weighted by molar-refractivity contribution is -0.126. The van der Waals surface area contributed by atoms with E-state index in [-0.39, 0.29) is 35.6 Å². The highest BCUT2D eigenvalue weighted by atomic mass is 32.2. The van der Waals surface area contributed by atoms with Gasteiger partial charge in [0.05, 0.1) is 6.61 Å². The van der Waals surface area contributed by atoms with Gasteiger partial charge in [-0.3, -0.25) is 4.79 Å². The molecule has 0 unspecified atom stereocenters. The van der Waals surface area contributed by atoms with Crippen molar-refractivity contribution in [2.24, 2.45) is 5.92 Å². The number of nitrogens with zero attached hydrogens (tertiary/aromatic N) is 1. The Kier molecular flexibility index (Phi) is 7.38. The first-order valence-electron chi connectivity index (χ1n) is 9.78. The molecule has 1 saturated heterocycles. The van der Waals surface area contributed by atoms with E-state index in [1.807, 2.05) is 0 Å². The molecule has 1 amide bonds. The third-order valence-electron chi connectivity index (χ3n) is 4.98. The fraction of sp³-hybridized carbons (Fsp3) is 0.381. The quantitative estimate of drug-likeness (QED) is 0.643. The summed E-state index contributed by atoms with van der Waals surface area (Å²) in [5.41, 5.74) is 0. The van der Waals surface area contributed by atoms with Gasteiger partial charge in [0, 0.05) is 25.6 Å². The number of amides is 1. The third-order valence-corrected chi connectivity index (χ3v) is 6.91. The topological polar surface area (TPSA) is 75.7 Å². The predicted molar refractivity (Wildman–Crippen MR) is 107 cm³/mol. The number of sulfonamides is 1. The zero-order valence-electron chi connectivity index (χ0n) is 16.4. The summed E-state index contributed by atoms with van der Waals surface area (Å²) in [6.07, 6.45) is 1.35. The second kappa shape index (κ2) is 9.99. The fourth-order valence-electron chi connectivity index (χ4n) is 3.30. The molecule has 1 aliphatic heterocycles. The molecule has 2 aromatic rings. The molecule has 162 valence electrons. The Hall–Kier alpha value is -2.52. The molecule has 0 aliphatic carbocycles. The largest absolute Gasteiger partial charge is 0.494 e. The molecule has 0 radical (unpaired) electrons. The van der Waals surface area contributed by atoms with Gasteiger partial charge in [-0.15, -0.1) is 0 Å². The average molecular weight is 438 g/mol. The van der Waals surface area contributed by atoms with Crippen molar-refractivity contribution in [2.75, 3.05) is 26.2 Å². The molecule has 0 spiro atoms. The van der Waals surface area contributed by atoms with Gasteiger partial charge >= 0.3 is 0 Å². The highest BCUT2D eigenvalue weighted by molar-refractivity contribution is 7.89. The minimum atomic E-state index is -3.91. The van der Waals surface area contributed by atoms with Crippen LogP contribution in [0.15, 0.2) is 53.4 Å². The Labute approximate surface area is 174 Å². The summed E-state index contributed by atoms with van der Waals surface area (Å²) in [4.78, 5) is 12.0. The Morgan fingerprint density at radius 1 is 1.07 bits per heavy atom. The maximum absolute atomic E-state index is 13.9. The summed E-state index contributed by atoms with van der Waals surface area (Å²) in [6, 6.07) is 11.0. The van der Waals surface area contributed by atoms with Crippen molar-refractivity contribution in [3.63, 3.8) is 0 Å². The van der Waals surface area contributed by atoms with Crippen LogP contribution in [0.5, 0.6) is 5.75 Å². The zero-order chi connectivity index (χ0) is 21.6. The van der Waals surface area contributed by atoms with Crippen LogP contribution in [-0.4, -0.2) is 44.9 Å². The van der Waals surface area contributed by atoms with Crippen molar-refractivity contribution in [3.05, 3.63) is 60.2 Å². The van der Waals surface area contributed by atoms with Gasteiger partial charge in [0.2, 0.25) is 15.9 Å². The van der Waals surface area contributed by atoms with Gasteiger partial charge in [-0.05, 0) is 55.7 Å². The number of nitrogens with one attached hydrogen (secondary N) is 1. The standard InChI is InChI=1S/C21H24F2N2O4S/c22-17-6-8-18(9-7-17)29-15-3-12-24-21(26)16-10-13-25(14-11-16)30(27,28)20-5-2-1-4-19(20)23/h1-2,4-9,16H,3,10-15H2,(H,24,26). The number of ether oxygens (including phenoxy) is 1. The summed E-state index contributed by atoms with van der Waals surface area (Å²) in [5, 5.41) is 2.84. The smallest absolute Gasteiger partial charge is 0.245 e. The molecule has 1 N–H and O–H groups in total.